The van der Waals surface area contributed by atoms with E-state index in [1.165, 1.54) is 6.21 Å². The third-order valence-electron chi connectivity index (χ3n) is 3.07. The second-order valence-corrected chi connectivity index (χ2v) is 7.95. The van der Waals surface area contributed by atoms with Gasteiger partial charge in [0.05, 0.1) is 11.5 Å². The van der Waals surface area contributed by atoms with Gasteiger partial charge in [-0.3, -0.25) is 4.55 Å². The second kappa shape index (κ2) is 5.03. The lowest BCUT2D eigenvalue weighted by molar-refractivity contribution is 0.318. The predicted octanol–water partition coefficient (Wildman–Crippen LogP) is 0.709. The van der Waals surface area contributed by atoms with Crippen LogP contribution in [0.15, 0.2) is 4.40 Å². The monoisotopic (exact) mass is 283 g/mol. The number of sulfonamides is 1. The number of nitrogens with zero attached hydrogens (tertiary/aromatic N) is 1. The third-order valence-corrected chi connectivity index (χ3v) is 4.85. The van der Waals surface area contributed by atoms with Gasteiger partial charge in [-0.25, -0.2) is 8.42 Å². The van der Waals surface area contributed by atoms with E-state index in [2.05, 4.69) is 4.40 Å². The Balaban J connectivity index is 2.81. The van der Waals surface area contributed by atoms with Crippen molar-refractivity contribution in [3.8, 4) is 0 Å². The van der Waals surface area contributed by atoms with Crippen LogP contribution < -0.4 is 0 Å². The minimum absolute atomic E-state index is 0.165. The zero-order valence-corrected chi connectivity index (χ0v) is 11.4. The van der Waals surface area contributed by atoms with Gasteiger partial charge in [0.15, 0.2) is 0 Å². The summed E-state index contributed by atoms with van der Waals surface area (Å²) in [5.41, 5.74) is 0. The Hall–Kier alpha value is -0.470. The van der Waals surface area contributed by atoms with Crippen LogP contribution in [-0.4, -0.2) is 39.1 Å². The van der Waals surface area contributed by atoms with Crippen molar-refractivity contribution in [2.24, 2.45) is 16.2 Å². The van der Waals surface area contributed by atoms with Crippen LogP contribution in [0.2, 0.25) is 0 Å². The van der Waals surface area contributed by atoms with Crippen LogP contribution in [0.3, 0.4) is 0 Å². The van der Waals surface area contributed by atoms with E-state index in [0.29, 0.717) is 12.8 Å². The van der Waals surface area contributed by atoms with Crippen molar-refractivity contribution in [2.45, 2.75) is 31.4 Å². The summed E-state index contributed by atoms with van der Waals surface area (Å²) < 4.78 is 56.3. The Labute approximate surface area is 102 Å². The van der Waals surface area contributed by atoms with Crippen molar-refractivity contribution in [2.75, 3.05) is 6.26 Å². The van der Waals surface area contributed by atoms with Gasteiger partial charge in [-0.15, -0.1) is 0 Å². The highest BCUT2D eigenvalue weighted by molar-refractivity contribution is 7.89. The maximum Gasteiger partial charge on any atom is 0.267 e. The largest absolute Gasteiger partial charge is 0.285 e. The molecule has 0 bridgehead atoms. The molecule has 100 valence electrons. The Kier molecular flexibility index (Phi) is 4.32. The normalized spacial score (nSPS) is 31.8. The average Bonchev–Trinajstić information content (AvgIpc) is 2.13. The van der Waals surface area contributed by atoms with Crippen molar-refractivity contribution in [1.29, 1.82) is 0 Å². The molecule has 0 amide bonds. The molecule has 0 saturated heterocycles. The number of hydrogen-bond donors (Lipinski definition) is 1. The molecule has 0 aromatic carbocycles. The summed E-state index contributed by atoms with van der Waals surface area (Å²) in [4.78, 5) is 0. The molecule has 1 fully saturated rings. The fraction of sp³-hybridized carbons (Fsp3) is 0.889. The molecule has 0 aromatic heterocycles. The Morgan fingerprint density at radius 1 is 1.24 bits per heavy atom. The number of rotatable bonds is 3. The summed E-state index contributed by atoms with van der Waals surface area (Å²) >= 11 is 0. The second-order valence-electron chi connectivity index (χ2n) is 4.58. The Morgan fingerprint density at radius 3 is 2.29 bits per heavy atom. The smallest absolute Gasteiger partial charge is 0.267 e. The summed E-state index contributed by atoms with van der Waals surface area (Å²) in [7, 11) is -7.49. The molecule has 8 heteroatoms. The molecule has 1 aliphatic carbocycles. The summed E-state index contributed by atoms with van der Waals surface area (Å²) in [5, 5.41) is -0.810. The van der Waals surface area contributed by atoms with E-state index >= 15 is 0 Å². The summed E-state index contributed by atoms with van der Waals surface area (Å²) in [5.74, 6) is -0.0658. The van der Waals surface area contributed by atoms with E-state index in [-0.39, 0.29) is 18.3 Å². The quantitative estimate of drug-likeness (QED) is 0.607. The first-order chi connectivity index (χ1) is 7.59. The van der Waals surface area contributed by atoms with Gasteiger partial charge in [0.25, 0.3) is 10.1 Å². The molecular formula is C9H17NO5S2. The summed E-state index contributed by atoms with van der Waals surface area (Å²) in [6, 6.07) is 0. The highest BCUT2D eigenvalue weighted by atomic mass is 32.2. The average molecular weight is 283 g/mol. The molecule has 0 spiro atoms. The molecule has 0 aliphatic heterocycles. The van der Waals surface area contributed by atoms with E-state index in [1.807, 2.05) is 6.92 Å². The third kappa shape index (κ3) is 4.72. The first-order valence-corrected chi connectivity index (χ1v) is 8.66. The Bertz CT molecular complexity index is 493. The van der Waals surface area contributed by atoms with E-state index in [4.69, 9.17) is 4.55 Å². The van der Waals surface area contributed by atoms with Crippen LogP contribution in [0, 0.1) is 11.8 Å². The van der Waals surface area contributed by atoms with Crippen LogP contribution in [0.1, 0.15) is 26.2 Å². The van der Waals surface area contributed by atoms with Crippen molar-refractivity contribution < 1.29 is 21.4 Å². The lowest BCUT2D eigenvalue weighted by atomic mass is 9.81. The van der Waals surface area contributed by atoms with Crippen molar-refractivity contribution >= 4 is 26.4 Å². The van der Waals surface area contributed by atoms with Gasteiger partial charge in [0.2, 0.25) is 10.0 Å². The molecule has 0 aromatic rings. The molecule has 1 N–H and O–H groups in total. The van der Waals surface area contributed by atoms with Crippen LogP contribution in [-0.2, 0) is 20.1 Å². The van der Waals surface area contributed by atoms with Gasteiger partial charge in [-0.05, 0) is 31.1 Å². The fourth-order valence-electron chi connectivity index (χ4n) is 1.98. The van der Waals surface area contributed by atoms with Crippen LogP contribution >= 0.6 is 0 Å². The standard InChI is InChI=1S/C9H17NO5S2/c1-7-3-4-9(17(13,14)15)5-8(7)6-10-16(2,11)12/h6-9H,3-5H2,1-2H3,(H,13,14,15)/b10-6-. The first kappa shape index (κ1) is 14.6. The molecule has 17 heavy (non-hydrogen) atoms. The van der Waals surface area contributed by atoms with E-state index < -0.39 is 25.4 Å². The minimum Gasteiger partial charge on any atom is -0.285 e. The highest BCUT2D eigenvalue weighted by Gasteiger charge is 2.33. The SMILES string of the molecule is CC1CCC(S(=O)(=O)O)CC1/C=N\S(C)(=O)=O. The van der Waals surface area contributed by atoms with Crippen LogP contribution in [0.5, 0.6) is 0 Å². The molecule has 3 atom stereocenters. The summed E-state index contributed by atoms with van der Waals surface area (Å²) in [6.07, 6.45) is 3.53. The molecule has 1 rings (SSSR count). The van der Waals surface area contributed by atoms with Gasteiger partial charge in [-0.1, -0.05) is 6.92 Å². The van der Waals surface area contributed by atoms with Crippen molar-refractivity contribution in [3.63, 3.8) is 0 Å². The first-order valence-electron chi connectivity index (χ1n) is 5.31. The molecule has 3 unspecified atom stereocenters. The minimum atomic E-state index is -4.05. The maximum absolute atomic E-state index is 11.0. The van der Waals surface area contributed by atoms with Crippen LogP contribution in [0.4, 0.5) is 0 Å². The van der Waals surface area contributed by atoms with Gasteiger partial charge >= 0.3 is 0 Å². The lowest BCUT2D eigenvalue weighted by Gasteiger charge is -2.30. The summed E-state index contributed by atoms with van der Waals surface area (Å²) in [6.45, 7) is 1.92. The highest BCUT2D eigenvalue weighted by Crippen LogP contribution is 2.32. The lowest BCUT2D eigenvalue weighted by Crippen LogP contribution is -2.32. The molecule has 1 aliphatic rings. The van der Waals surface area contributed by atoms with Crippen molar-refractivity contribution in [1.82, 2.24) is 0 Å². The van der Waals surface area contributed by atoms with E-state index in [1.54, 1.807) is 0 Å². The Morgan fingerprint density at radius 2 is 1.82 bits per heavy atom. The van der Waals surface area contributed by atoms with Gasteiger partial charge in [0.1, 0.15) is 0 Å². The van der Waals surface area contributed by atoms with Crippen molar-refractivity contribution in [3.05, 3.63) is 0 Å². The molecule has 0 radical (unpaired) electrons. The van der Waals surface area contributed by atoms with E-state index in [0.717, 1.165) is 6.26 Å². The topological polar surface area (TPSA) is 101 Å². The zero-order valence-electron chi connectivity index (χ0n) is 9.77. The van der Waals surface area contributed by atoms with Crippen LogP contribution in [0.25, 0.3) is 0 Å². The van der Waals surface area contributed by atoms with E-state index in [9.17, 15) is 16.8 Å². The van der Waals surface area contributed by atoms with Gasteiger partial charge in [0, 0.05) is 6.21 Å². The number of hydrogen-bond acceptors (Lipinski definition) is 4. The van der Waals surface area contributed by atoms with Gasteiger partial charge < -0.3 is 0 Å². The zero-order chi connectivity index (χ0) is 13.3. The molecule has 0 heterocycles. The maximum atomic E-state index is 11.0. The molecule has 6 nitrogen and oxygen atoms in total. The molecular weight excluding hydrogens is 266 g/mol. The fourth-order valence-corrected chi connectivity index (χ4v) is 3.26. The van der Waals surface area contributed by atoms with Gasteiger partial charge in [-0.2, -0.15) is 12.8 Å². The molecule has 1 saturated carbocycles. The predicted molar refractivity (Wildman–Crippen MR) is 65.2 cm³/mol.